The fraction of sp³-hybridized carbons (Fsp3) is 0.923. The van der Waals surface area contributed by atoms with Crippen molar-refractivity contribution >= 4 is 16.1 Å². The number of rotatable bonds is 4. The molecule has 4 aliphatic carbocycles. The normalized spacial score (nSPS) is 40.7. The fourth-order valence-corrected chi connectivity index (χ4v) is 4.83. The second kappa shape index (κ2) is 4.85. The number of carbonyl (C=O) groups excluding carboxylic acids is 1. The molecule has 0 aromatic rings. The first-order chi connectivity index (χ1) is 10.0. The van der Waals surface area contributed by atoms with Crippen LogP contribution in [0, 0.1) is 23.2 Å². The monoisotopic (exact) mass is 340 g/mol. The summed E-state index contributed by atoms with van der Waals surface area (Å²) in [6.07, 6.45) is 2.50. The Balaban J connectivity index is 1.71. The number of carbonyl (C=O) groups is 1. The first-order valence-electron chi connectivity index (χ1n) is 7.24. The van der Waals surface area contributed by atoms with Crippen molar-refractivity contribution in [3.63, 3.8) is 0 Å². The van der Waals surface area contributed by atoms with Crippen LogP contribution in [0.1, 0.15) is 32.1 Å². The molecule has 0 saturated heterocycles. The number of halogens is 2. The molecule has 0 spiro atoms. The molecule has 4 bridgehead atoms. The molecule has 0 heterocycles. The summed E-state index contributed by atoms with van der Waals surface area (Å²) < 4.78 is 60.4. The van der Waals surface area contributed by atoms with Crippen molar-refractivity contribution in [2.45, 2.75) is 43.5 Å². The third kappa shape index (κ3) is 2.43. The minimum atomic E-state index is -5.61. The number of aliphatic hydroxyl groups excluding tert-OH is 1. The van der Waals surface area contributed by atoms with Gasteiger partial charge in [-0.2, -0.15) is 17.2 Å². The molecule has 0 radical (unpaired) electrons. The Morgan fingerprint density at radius 2 is 1.77 bits per heavy atom. The van der Waals surface area contributed by atoms with Crippen LogP contribution in [0.4, 0.5) is 8.78 Å². The van der Waals surface area contributed by atoms with Crippen molar-refractivity contribution in [3.05, 3.63) is 0 Å². The summed E-state index contributed by atoms with van der Waals surface area (Å²) in [5.41, 5.74) is -0.898. The van der Waals surface area contributed by atoms with Crippen LogP contribution in [0.5, 0.6) is 0 Å². The van der Waals surface area contributed by atoms with Crippen LogP contribution in [-0.2, 0) is 19.6 Å². The lowest BCUT2D eigenvalue weighted by atomic mass is 9.48. The van der Waals surface area contributed by atoms with Crippen LogP contribution in [0.15, 0.2) is 0 Å². The van der Waals surface area contributed by atoms with E-state index >= 15 is 0 Å². The molecule has 0 aliphatic heterocycles. The molecule has 0 aromatic heterocycles. The van der Waals surface area contributed by atoms with Gasteiger partial charge in [-0.15, -0.1) is 0 Å². The molecule has 5 atom stereocenters. The predicted octanol–water partition coefficient (Wildman–Crippen LogP) is 1.20. The van der Waals surface area contributed by atoms with Gasteiger partial charge in [0, 0.05) is 0 Å². The first kappa shape index (κ1) is 16.1. The number of ether oxygens (including phenoxy) is 1. The average Bonchev–Trinajstić information content (AvgIpc) is 2.39. The summed E-state index contributed by atoms with van der Waals surface area (Å²) in [5.74, 6) is -0.626. The van der Waals surface area contributed by atoms with E-state index in [2.05, 4.69) is 4.74 Å². The molecule has 4 aliphatic rings. The van der Waals surface area contributed by atoms with E-state index in [-0.39, 0.29) is 17.8 Å². The predicted molar refractivity (Wildman–Crippen MR) is 69.4 cm³/mol. The average molecular weight is 340 g/mol. The molecular formula is C13H18F2O6S. The lowest BCUT2D eigenvalue weighted by Crippen LogP contribution is -2.56. The summed E-state index contributed by atoms with van der Waals surface area (Å²) in [5, 5.41) is 5.60. The minimum absolute atomic E-state index is 0.0270. The van der Waals surface area contributed by atoms with Gasteiger partial charge in [0.2, 0.25) is 0 Å². The highest BCUT2D eigenvalue weighted by Gasteiger charge is 2.59. The zero-order valence-corrected chi connectivity index (χ0v) is 12.6. The van der Waals surface area contributed by atoms with Gasteiger partial charge in [0.25, 0.3) is 0 Å². The Bertz CT molecular complexity index is 573. The maximum absolute atomic E-state index is 13.2. The van der Waals surface area contributed by atoms with Crippen LogP contribution >= 0.6 is 0 Å². The Hall–Kier alpha value is -0.800. The Morgan fingerprint density at radius 1 is 1.23 bits per heavy atom. The molecule has 4 saturated carbocycles. The molecular weight excluding hydrogens is 322 g/mol. The lowest BCUT2D eigenvalue weighted by Gasteiger charge is -2.57. The fourth-order valence-electron chi connectivity index (χ4n) is 4.62. The van der Waals surface area contributed by atoms with Gasteiger partial charge >= 0.3 is 21.3 Å². The summed E-state index contributed by atoms with van der Waals surface area (Å²) in [4.78, 5) is 12.3. The maximum Gasteiger partial charge on any atom is 0.402 e. The molecule has 4 fully saturated rings. The molecule has 6 nitrogen and oxygen atoms in total. The zero-order valence-electron chi connectivity index (χ0n) is 11.7. The largest absolute Gasteiger partial charge is 0.458 e. The molecule has 4 unspecified atom stereocenters. The van der Waals surface area contributed by atoms with Gasteiger partial charge in [-0.05, 0) is 49.9 Å². The molecule has 22 heavy (non-hydrogen) atoms. The number of aliphatic hydroxyl groups is 1. The van der Waals surface area contributed by atoms with Gasteiger partial charge in [0.1, 0.15) is 0 Å². The van der Waals surface area contributed by atoms with Crippen molar-refractivity contribution in [1.29, 1.82) is 0 Å². The van der Waals surface area contributed by atoms with E-state index in [4.69, 9.17) is 4.55 Å². The Labute approximate surface area is 126 Å². The first-order valence-corrected chi connectivity index (χ1v) is 8.68. The second-order valence-electron chi connectivity index (χ2n) is 6.93. The third-order valence-corrected chi connectivity index (χ3v) is 6.28. The van der Waals surface area contributed by atoms with Gasteiger partial charge in [-0.1, -0.05) is 0 Å². The van der Waals surface area contributed by atoms with Gasteiger partial charge in [0.05, 0.1) is 11.5 Å². The van der Waals surface area contributed by atoms with E-state index in [0.717, 1.165) is 12.8 Å². The molecule has 0 amide bonds. The van der Waals surface area contributed by atoms with E-state index in [1.807, 2.05) is 0 Å². The van der Waals surface area contributed by atoms with Gasteiger partial charge in [0.15, 0.2) is 6.61 Å². The van der Waals surface area contributed by atoms with Crippen LogP contribution in [0.25, 0.3) is 0 Å². The maximum atomic E-state index is 13.2. The number of hydrogen-bond donors (Lipinski definition) is 2. The summed E-state index contributed by atoms with van der Waals surface area (Å²) >= 11 is 0. The highest BCUT2D eigenvalue weighted by molar-refractivity contribution is 7.86. The SMILES string of the molecule is O=C(OCC(F)(F)S(=O)(=O)O)C12CC3CC(C1)C(O)[C@H](C3)C2. The van der Waals surface area contributed by atoms with Crippen LogP contribution < -0.4 is 0 Å². The van der Waals surface area contributed by atoms with Crippen molar-refractivity contribution in [2.75, 3.05) is 6.61 Å². The Kier molecular flexibility index (Phi) is 3.54. The summed E-state index contributed by atoms with van der Waals surface area (Å²) in [6.45, 7) is -1.69. The quantitative estimate of drug-likeness (QED) is 0.589. The van der Waals surface area contributed by atoms with Crippen molar-refractivity contribution < 1.29 is 36.4 Å². The standard InChI is InChI=1S/C13H18F2O6S/c14-13(15,22(18,19)20)6-21-11(17)12-3-7-1-8(4-12)10(16)9(2-7)5-12/h7-10,16H,1-6H2,(H,18,19,20)/t7?,8-,9?,10?,12?/m1/s1. The van der Waals surface area contributed by atoms with Crippen molar-refractivity contribution in [2.24, 2.45) is 23.2 Å². The molecule has 4 rings (SSSR count). The highest BCUT2D eigenvalue weighted by Crippen LogP contribution is 2.60. The molecule has 9 heteroatoms. The highest BCUT2D eigenvalue weighted by atomic mass is 32.2. The van der Waals surface area contributed by atoms with E-state index in [9.17, 15) is 27.1 Å². The van der Waals surface area contributed by atoms with E-state index < -0.39 is 39.5 Å². The number of hydrogen-bond acceptors (Lipinski definition) is 5. The third-order valence-electron chi connectivity index (χ3n) is 5.41. The Morgan fingerprint density at radius 3 is 2.27 bits per heavy atom. The summed E-state index contributed by atoms with van der Waals surface area (Å²) in [7, 11) is -5.61. The molecule has 126 valence electrons. The second-order valence-corrected chi connectivity index (χ2v) is 8.48. The number of alkyl halides is 2. The summed E-state index contributed by atoms with van der Waals surface area (Å²) in [6, 6.07) is 0. The molecule has 0 aromatic carbocycles. The number of esters is 1. The van der Waals surface area contributed by atoms with Crippen molar-refractivity contribution in [1.82, 2.24) is 0 Å². The van der Waals surface area contributed by atoms with Crippen LogP contribution in [0.3, 0.4) is 0 Å². The van der Waals surface area contributed by atoms with Crippen molar-refractivity contribution in [3.8, 4) is 0 Å². The van der Waals surface area contributed by atoms with Gasteiger partial charge in [-0.25, -0.2) is 0 Å². The van der Waals surface area contributed by atoms with E-state index in [1.165, 1.54) is 0 Å². The van der Waals surface area contributed by atoms with Crippen LogP contribution in [0.2, 0.25) is 0 Å². The van der Waals surface area contributed by atoms with E-state index in [0.29, 0.717) is 19.3 Å². The van der Waals surface area contributed by atoms with Gasteiger partial charge < -0.3 is 9.84 Å². The topological polar surface area (TPSA) is 101 Å². The molecule has 2 N–H and O–H groups in total. The lowest BCUT2D eigenvalue weighted by molar-refractivity contribution is -0.188. The van der Waals surface area contributed by atoms with Gasteiger partial charge in [-0.3, -0.25) is 9.35 Å². The zero-order chi connectivity index (χ0) is 16.3. The minimum Gasteiger partial charge on any atom is -0.458 e. The van der Waals surface area contributed by atoms with Crippen LogP contribution in [-0.4, -0.2) is 42.0 Å². The van der Waals surface area contributed by atoms with E-state index in [1.54, 1.807) is 0 Å². The smallest absolute Gasteiger partial charge is 0.402 e.